The van der Waals surface area contributed by atoms with Crippen molar-refractivity contribution in [1.29, 1.82) is 0 Å². The van der Waals surface area contributed by atoms with Crippen LogP contribution < -0.4 is 0 Å². The van der Waals surface area contributed by atoms with Crippen molar-refractivity contribution in [1.82, 2.24) is 0 Å². The lowest BCUT2D eigenvalue weighted by Crippen LogP contribution is -2.30. The van der Waals surface area contributed by atoms with Gasteiger partial charge >= 0.3 is 17.9 Å². The van der Waals surface area contributed by atoms with Gasteiger partial charge in [-0.1, -0.05) is 249 Å². The van der Waals surface area contributed by atoms with E-state index in [1.165, 1.54) is 57.8 Å². The fourth-order valence-corrected chi connectivity index (χ4v) is 7.90. The molecule has 1 unspecified atom stereocenters. The van der Waals surface area contributed by atoms with Crippen molar-refractivity contribution in [3.63, 3.8) is 0 Å². The molecule has 0 fully saturated rings. The Labute approximate surface area is 473 Å². The predicted molar refractivity (Wildman–Crippen MR) is 334 cm³/mol. The zero-order valence-corrected chi connectivity index (χ0v) is 49.4. The maximum Gasteiger partial charge on any atom is 0.306 e. The Hall–Kier alpha value is -4.97. The van der Waals surface area contributed by atoms with Gasteiger partial charge in [-0.05, 0) is 141 Å². The molecule has 6 heteroatoms. The van der Waals surface area contributed by atoms with Crippen LogP contribution in [0.5, 0.6) is 0 Å². The summed E-state index contributed by atoms with van der Waals surface area (Å²) in [5.74, 6) is -0.973. The van der Waals surface area contributed by atoms with Gasteiger partial charge in [0.05, 0.1) is 0 Å². The lowest BCUT2D eigenvalue weighted by atomic mass is 10.1. The molecule has 0 aliphatic carbocycles. The van der Waals surface area contributed by atoms with Gasteiger partial charge in [-0.2, -0.15) is 0 Å². The standard InChI is InChI=1S/C71H112O6/c1-4-7-10-13-16-19-22-24-26-27-28-29-30-31-32-33-34-35-36-37-38-39-40-41-42-43-45-46-49-52-55-58-61-64-70(73)76-67-68(66-75-69(72)63-60-57-54-51-48-21-18-15-12-9-6-3)77-71(74)65-62-59-56-53-50-47-44-25-23-20-17-14-11-8-5-2/h7-8,10-11,15-20,24-26,28-29,31-32,34-35,37-38,40-41,44,50,53,68H,4-6,9,12-14,21-23,27,30,33,36,39,42-43,45-49,51-52,54-67H2,1-3H3/b10-7-,11-8-,18-15-,19-16-,20-17-,26-24-,29-28-,32-31-,35-34-,38-37-,41-40-,44-25-,53-50-. The summed E-state index contributed by atoms with van der Waals surface area (Å²) < 4.78 is 16.8. The van der Waals surface area contributed by atoms with Crippen LogP contribution in [0.1, 0.15) is 252 Å². The Morgan fingerprint density at radius 3 is 0.831 bits per heavy atom. The number of carbonyl (C=O) groups is 3. The van der Waals surface area contributed by atoms with E-state index in [0.717, 1.165) is 148 Å². The second kappa shape index (κ2) is 63.6. The van der Waals surface area contributed by atoms with E-state index in [-0.39, 0.29) is 37.5 Å². The SMILES string of the molecule is CC/C=C\C/C=C\C/C=C\C/C=C\C/C=C\C/C=C\C/C=C\C/C=C\CCCCCCCCCCC(=O)OCC(COC(=O)CCCCCCC/C=C\CCCC)OC(=O)CCCC/C=C\C/C=C\C/C=C\C/C=C\CC. The maximum absolute atomic E-state index is 12.8. The average Bonchev–Trinajstić information content (AvgIpc) is 3.43. The van der Waals surface area contributed by atoms with E-state index in [1.807, 2.05) is 0 Å². The van der Waals surface area contributed by atoms with E-state index in [4.69, 9.17) is 14.2 Å². The van der Waals surface area contributed by atoms with Gasteiger partial charge in [-0.25, -0.2) is 0 Å². The Morgan fingerprint density at radius 2 is 0.506 bits per heavy atom. The molecular formula is C71H112O6. The normalized spacial score (nSPS) is 13.2. The van der Waals surface area contributed by atoms with Gasteiger partial charge in [0.25, 0.3) is 0 Å². The molecule has 0 aromatic rings. The molecule has 0 aromatic heterocycles. The highest BCUT2D eigenvalue weighted by atomic mass is 16.6. The molecule has 0 aliphatic heterocycles. The van der Waals surface area contributed by atoms with E-state index in [1.54, 1.807) is 0 Å². The van der Waals surface area contributed by atoms with E-state index in [9.17, 15) is 14.4 Å². The molecule has 0 bridgehead atoms. The minimum atomic E-state index is -0.813. The molecule has 0 N–H and O–H groups in total. The second-order valence-electron chi connectivity index (χ2n) is 19.8. The number of unbranched alkanes of at least 4 members (excludes halogenated alkanes) is 17. The Kier molecular flexibility index (Phi) is 59.5. The molecule has 0 heterocycles. The second-order valence-corrected chi connectivity index (χ2v) is 19.8. The Morgan fingerprint density at radius 1 is 0.273 bits per heavy atom. The molecule has 0 amide bonds. The summed E-state index contributed by atoms with van der Waals surface area (Å²) >= 11 is 0. The molecule has 0 aliphatic rings. The summed E-state index contributed by atoms with van der Waals surface area (Å²) in [4.78, 5) is 38.1. The van der Waals surface area contributed by atoms with Crippen LogP contribution in [0.3, 0.4) is 0 Å². The van der Waals surface area contributed by atoms with E-state index in [0.29, 0.717) is 19.3 Å². The summed E-state index contributed by atoms with van der Waals surface area (Å²) in [7, 11) is 0. The Balaban J connectivity index is 4.29. The average molecular weight is 1060 g/mol. The highest BCUT2D eigenvalue weighted by Crippen LogP contribution is 2.14. The van der Waals surface area contributed by atoms with Gasteiger partial charge in [0.15, 0.2) is 6.10 Å². The van der Waals surface area contributed by atoms with E-state index < -0.39 is 6.10 Å². The van der Waals surface area contributed by atoms with Crippen molar-refractivity contribution in [2.45, 2.75) is 258 Å². The van der Waals surface area contributed by atoms with Gasteiger partial charge in [0, 0.05) is 19.3 Å². The van der Waals surface area contributed by atoms with Crippen LogP contribution in [0.4, 0.5) is 0 Å². The van der Waals surface area contributed by atoms with Gasteiger partial charge in [-0.3, -0.25) is 14.4 Å². The highest BCUT2D eigenvalue weighted by Gasteiger charge is 2.19. The molecule has 0 spiro atoms. The van der Waals surface area contributed by atoms with Crippen LogP contribution in [0, 0.1) is 0 Å². The molecule has 0 saturated heterocycles. The molecule has 0 aromatic carbocycles. The van der Waals surface area contributed by atoms with Gasteiger partial charge in [0.2, 0.25) is 0 Å². The largest absolute Gasteiger partial charge is 0.462 e. The number of ether oxygens (including phenoxy) is 3. The van der Waals surface area contributed by atoms with Crippen LogP contribution >= 0.6 is 0 Å². The fourth-order valence-electron chi connectivity index (χ4n) is 7.90. The van der Waals surface area contributed by atoms with Crippen molar-refractivity contribution in [3.05, 3.63) is 158 Å². The van der Waals surface area contributed by atoms with Crippen LogP contribution in [0.2, 0.25) is 0 Å². The van der Waals surface area contributed by atoms with Crippen molar-refractivity contribution in [2.24, 2.45) is 0 Å². The first-order valence-corrected chi connectivity index (χ1v) is 31.0. The van der Waals surface area contributed by atoms with Gasteiger partial charge < -0.3 is 14.2 Å². The lowest BCUT2D eigenvalue weighted by Gasteiger charge is -2.18. The molecule has 6 nitrogen and oxygen atoms in total. The number of hydrogen-bond donors (Lipinski definition) is 0. The molecule has 0 saturated carbocycles. The third-order valence-corrected chi connectivity index (χ3v) is 12.5. The number of esters is 3. The summed E-state index contributed by atoms with van der Waals surface area (Å²) in [6.07, 6.45) is 92.6. The first-order valence-electron chi connectivity index (χ1n) is 31.0. The van der Waals surface area contributed by atoms with Gasteiger partial charge in [-0.15, -0.1) is 0 Å². The summed E-state index contributed by atoms with van der Waals surface area (Å²) in [5.41, 5.74) is 0. The molecule has 1 atom stereocenters. The molecular weight excluding hydrogens is 949 g/mol. The molecule has 77 heavy (non-hydrogen) atoms. The number of hydrogen-bond acceptors (Lipinski definition) is 6. The van der Waals surface area contributed by atoms with Crippen LogP contribution in [-0.4, -0.2) is 37.2 Å². The third-order valence-electron chi connectivity index (χ3n) is 12.5. The lowest BCUT2D eigenvalue weighted by molar-refractivity contribution is -0.167. The van der Waals surface area contributed by atoms with Crippen molar-refractivity contribution in [2.75, 3.05) is 13.2 Å². The molecule has 0 radical (unpaired) electrons. The summed E-state index contributed by atoms with van der Waals surface area (Å²) in [5, 5.41) is 0. The number of allylic oxidation sites excluding steroid dienone is 26. The summed E-state index contributed by atoms with van der Waals surface area (Å²) in [6.45, 7) is 6.31. The van der Waals surface area contributed by atoms with Crippen LogP contribution in [0.25, 0.3) is 0 Å². The first-order chi connectivity index (χ1) is 38.0. The minimum Gasteiger partial charge on any atom is -0.462 e. The third kappa shape index (κ3) is 61.8. The van der Waals surface area contributed by atoms with E-state index in [2.05, 4.69) is 179 Å². The van der Waals surface area contributed by atoms with Crippen LogP contribution in [0.15, 0.2) is 158 Å². The number of rotatable bonds is 54. The quantitative estimate of drug-likeness (QED) is 0.0261. The summed E-state index contributed by atoms with van der Waals surface area (Å²) in [6, 6.07) is 0. The first kappa shape index (κ1) is 72.0. The van der Waals surface area contributed by atoms with Crippen molar-refractivity contribution >= 4 is 17.9 Å². The van der Waals surface area contributed by atoms with E-state index >= 15 is 0 Å². The minimum absolute atomic E-state index is 0.107. The monoisotopic (exact) mass is 1060 g/mol. The zero-order chi connectivity index (χ0) is 55.7. The van der Waals surface area contributed by atoms with Crippen molar-refractivity contribution < 1.29 is 28.6 Å². The molecule has 0 rings (SSSR count). The zero-order valence-electron chi connectivity index (χ0n) is 49.4. The Bertz CT molecular complexity index is 1740. The maximum atomic E-state index is 12.8. The number of carbonyl (C=O) groups excluding carboxylic acids is 3. The van der Waals surface area contributed by atoms with Crippen molar-refractivity contribution in [3.8, 4) is 0 Å². The smallest absolute Gasteiger partial charge is 0.306 e. The van der Waals surface area contributed by atoms with Gasteiger partial charge in [0.1, 0.15) is 13.2 Å². The van der Waals surface area contributed by atoms with Crippen LogP contribution in [-0.2, 0) is 28.6 Å². The topological polar surface area (TPSA) is 78.9 Å². The predicted octanol–water partition coefficient (Wildman–Crippen LogP) is 21.3. The fraction of sp³-hybridized carbons (Fsp3) is 0.592. The highest BCUT2D eigenvalue weighted by molar-refractivity contribution is 5.71. The molecule has 432 valence electrons.